The van der Waals surface area contributed by atoms with Gasteiger partial charge in [0.2, 0.25) is 0 Å². The van der Waals surface area contributed by atoms with Gasteiger partial charge in [-0.2, -0.15) is 0 Å². The van der Waals surface area contributed by atoms with Crippen molar-refractivity contribution in [2.24, 2.45) is 0 Å². The Morgan fingerprint density at radius 2 is 1.94 bits per heavy atom. The highest BCUT2D eigenvalue weighted by molar-refractivity contribution is 7.90. The van der Waals surface area contributed by atoms with Crippen LogP contribution >= 0.6 is 11.3 Å². The first-order valence-electron chi connectivity index (χ1n) is 5.37. The molecule has 0 radical (unpaired) electrons. The molecule has 0 unspecified atom stereocenters. The Bertz CT molecular complexity index is 552. The molecule has 5 nitrogen and oxygen atoms in total. The first-order chi connectivity index (χ1) is 7.99. The summed E-state index contributed by atoms with van der Waals surface area (Å²) in [5.41, 5.74) is 0.380. The van der Waals surface area contributed by atoms with Crippen molar-refractivity contribution in [2.45, 2.75) is 38.4 Å². The smallest absolute Gasteiger partial charge is 0.308 e. The van der Waals surface area contributed by atoms with E-state index < -0.39 is 15.8 Å². The average molecular weight is 291 g/mol. The van der Waals surface area contributed by atoms with Crippen molar-refractivity contribution < 1.29 is 18.3 Å². The minimum absolute atomic E-state index is 0.117. The van der Waals surface area contributed by atoms with Crippen LogP contribution in [0.3, 0.4) is 0 Å². The molecular formula is C11H17NO4S2. The largest absolute Gasteiger partial charge is 0.481 e. The van der Waals surface area contributed by atoms with Crippen molar-refractivity contribution >= 4 is 27.1 Å². The van der Waals surface area contributed by atoms with Gasteiger partial charge in [0.25, 0.3) is 0 Å². The van der Waals surface area contributed by atoms with Crippen LogP contribution in [0.5, 0.6) is 0 Å². The lowest BCUT2D eigenvalue weighted by molar-refractivity contribution is -0.136. The van der Waals surface area contributed by atoms with E-state index in [1.807, 2.05) is 20.8 Å². The van der Waals surface area contributed by atoms with E-state index in [1.54, 1.807) is 0 Å². The summed E-state index contributed by atoms with van der Waals surface area (Å²) in [4.78, 5) is 15.7. The molecule has 18 heavy (non-hydrogen) atoms. The van der Waals surface area contributed by atoms with Gasteiger partial charge in [-0.3, -0.25) is 4.79 Å². The Kier molecular flexibility index (Phi) is 4.17. The highest BCUT2D eigenvalue weighted by Gasteiger charge is 2.25. The van der Waals surface area contributed by atoms with Crippen molar-refractivity contribution in [1.82, 2.24) is 4.98 Å². The van der Waals surface area contributed by atoms with Crippen LogP contribution in [0.2, 0.25) is 0 Å². The summed E-state index contributed by atoms with van der Waals surface area (Å²) in [5.74, 6) is -1.07. The van der Waals surface area contributed by atoms with E-state index in [9.17, 15) is 13.2 Å². The van der Waals surface area contributed by atoms with E-state index in [4.69, 9.17) is 5.11 Å². The standard InChI is InChI=1S/C11H17NO4S2/c1-11(2,3)10-7(5-9(13)14)17-8(12-10)6-18(4,15)16/h5-6H2,1-4H3,(H,13,14). The van der Waals surface area contributed by atoms with Crippen LogP contribution in [0.25, 0.3) is 0 Å². The molecule has 0 aliphatic rings. The topological polar surface area (TPSA) is 84.3 Å². The van der Waals surface area contributed by atoms with Gasteiger partial charge < -0.3 is 5.11 Å². The van der Waals surface area contributed by atoms with Gasteiger partial charge in [-0.1, -0.05) is 20.8 Å². The molecule has 102 valence electrons. The molecule has 0 amide bonds. The van der Waals surface area contributed by atoms with E-state index >= 15 is 0 Å². The molecule has 1 rings (SSSR count). The van der Waals surface area contributed by atoms with Crippen LogP contribution in [-0.4, -0.2) is 30.7 Å². The zero-order chi connectivity index (χ0) is 14.1. The second-order valence-electron chi connectivity index (χ2n) is 5.27. The maximum absolute atomic E-state index is 11.2. The molecule has 1 N–H and O–H groups in total. The van der Waals surface area contributed by atoms with Gasteiger partial charge in [-0.25, -0.2) is 13.4 Å². The Morgan fingerprint density at radius 1 is 1.39 bits per heavy atom. The molecule has 1 aromatic rings. The summed E-state index contributed by atoms with van der Waals surface area (Å²) in [6.45, 7) is 5.78. The SMILES string of the molecule is CC(C)(C)c1nc(CS(C)(=O)=O)sc1CC(=O)O. The maximum Gasteiger partial charge on any atom is 0.308 e. The summed E-state index contributed by atoms with van der Waals surface area (Å²) in [6, 6.07) is 0. The first-order valence-corrected chi connectivity index (χ1v) is 8.25. The number of carboxylic acids is 1. The number of aliphatic carboxylic acids is 1. The van der Waals surface area contributed by atoms with Crippen LogP contribution in [0.4, 0.5) is 0 Å². The number of hydrogen-bond donors (Lipinski definition) is 1. The monoisotopic (exact) mass is 291 g/mol. The average Bonchev–Trinajstić information content (AvgIpc) is 2.42. The van der Waals surface area contributed by atoms with Gasteiger partial charge in [-0.15, -0.1) is 11.3 Å². The van der Waals surface area contributed by atoms with Crippen molar-refractivity contribution in [3.8, 4) is 0 Å². The van der Waals surface area contributed by atoms with Gasteiger partial charge in [0.05, 0.1) is 12.1 Å². The normalized spacial score (nSPS) is 12.7. The number of sulfone groups is 1. The summed E-state index contributed by atoms with van der Waals surface area (Å²) >= 11 is 1.17. The van der Waals surface area contributed by atoms with Crippen LogP contribution in [0, 0.1) is 0 Å². The van der Waals surface area contributed by atoms with Gasteiger partial charge in [0.1, 0.15) is 10.8 Å². The van der Waals surface area contributed by atoms with Crippen LogP contribution in [0.1, 0.15) is 36.3 Å². The van der Waals surface area contributed by atoms with Crippen LogP contribution in [0.15, 0.2) is 0 Å². The quantitative estimate of drug-likeness (QED) is 0.911. The van der Waals surface area contributed by atoms with E-state index in [0.29, 0.717) is 15.6 Å². The number of rotatable bonds is 4. The first kappa shape index (κ1) is 15.1. The number of carbonyl (C=O) groups is 1. The van der Waals surface area contributed by atoms with Gasteiger partial charge in [0, 0.05) is 16.5 Å². The molecular weight excluding hydrogens is 274 g/mol. The van der Waals surface area contributed by atoms with Gasteiger partial charge in [0.15, 0.2) is 9.84 Å². The fourth-order valence-corrected chi connectivity index (χ4v) is 3.99. The van der Waals surface area contributed by atoms with E-state index in [0.717, 1.165) is 6.26 Å². The highest BCUT2D eigenvalue weighted by Crippen LogP contribution is 2.30. The molecule has 7 heteroatoms. The minimum Gasteiger partial charge on any atom is -0.481 e. The third-order valence-electron chi connectivity index (χ3n) is 2.15. The zero-order valence-corrected chi connectivity index (χ0v) is 12.5. The van der Waals surface area contributed by atoms with Crippen LogP contribution in [-0.2, 0) is 32.2 Å². The molecule has 1 aromatic heterocycles. The molecule has 0 bridgehead atoms. The lowest BCUT2D eigenvalue weighted by atomic mass is 9.91. The Labute approximate surface area is 111 Å². The number of thiazole rings is 1. The predicted molar refractivity (Wildman–Crippen MR) is 70.7 cm³/mol. The molecule has 0 saturated carbocycles. The number of carboxylic acid groups (broad SMARTS) is 1. The lowest BCUT2D eigenvalue weighted by Crippen LogP contribution is -2.15. The molecule has 0 atom stereocenters. The fourth-order valence-electron chi connectivity index (χ4n) is 1.53. The third-order valence-corrected chi connectivity index (χ3v) is 4.19. The maximum atomic E-state index is 11.2. The summed E-state index contributed by atoms with van der Waals surface area (Å²) in [5, 5.41) is 9.32. The second-order valence-corrected chi connectivity index (χ2v) is 8.58. The van der Waals surface area contributed by atoms with Crippen molar-refractivity contribution in [1.29, 1.82) is 0 Å². The molecule has 1 heterocycles. The van der Waals surface area contributed by atoms with Gasteiger partial charge in [-0.05, 0) is 0 Å². The molecule has 0 aliphatic carbocycles. The third kappa shape index (κ3) is 4.38. The number of hydrogen-bond acceptors (Lipinski definition) is 5. The van der Waals surface area contributed by atoms with Crippen molar-refractivity contribution in [3.63, 3.8) is 0 Å². The lowest BCUT2D eigenvalue weighted by Gasteiger charge is -2.16. The van der Waals surface area contributed by atoms with Crippen LogP contribution < -0.4 is 0 Å². The number of aromatic nitrogens is 1. The Balaban J connectivity index is 3.19. The molecule has 0 aromatic carbocycles. The van der Waals surface area contributed by atoms with E-state index in [1.165, 1.54) is 11.3 Å². The van der Waals surface area contributed by atoms with Crippen molar-refractivity contribution in [3.05, 3.63) is 15.6 Å². The van der Waals surface area contributed by atoms with Gasteiger partial charge >= 0.3 is 5.97 Å². The Morgan fingerprint density at radius 3 is 2.33 bits per heavy atom. The molecule has 0 spiro atoms. The predicted octanol–water partition coefficient (Wildman–Crippen LogP) is 1.61. The van der Waals surface area contributed by atoms with E-state index in [-0.39, 0.29) is 17.6 Å². The summed E-state index contributed by atoms with van der Waals surface area (Å²) in [6.07, 6.45) is 1.02. The van der Waals surface area contributed by atoms with Crippen molar-refractivity contribution in [2.75, 3.05) is 6.26 Å². The summed E-state index contributed by atoms with van der Waals surface area (Å²) in [7, 11) is -3.15. The fraction of sp³-hybridized carbons (Fsp3) is 0.636. The second kappa shape index (κ2) is 4.97. The zero-order valence-electron chi connectivity index (χ0n) is 10.8. The molecule has 0 aliphatic heterocycles. The minimum atomic E-state index is -3.15. The summed E-state index contributed by atoms with van der Waals surface area (Å²) < 4.78 is 22.5. The van der Waals surface area contributed by atoms with E-state index in [2.05, 4.69) is 4.98 Å². The highest BCUT2D eigenvalue weighted by atomic mass is 32.2. The Hall–Kier alpha value is -0.950. The number of nitrogens with zero attached hydrogens (tertiary/aromatic N) is 1. The molecule has 0 fully saturated rings. The molecule has 0 saturated heterocycles.